The summed E-state index contributed by atoms with van der Waals surface area (Å²) in [6.45, 7) is 3.80. The molecule has 0 heterocycles. The van der Waals surface area contributed by atoms with Crippen LogP contribution in [0.4, 0.5) is 13.2 Å². The van der Waals surface area contributed by atoms with Crippen molar-refractivity contribution in [3.05, 3.63) is 0 Å². The lowest BCUT2D eigenvalue weighted by atomic mass is 9.74. The van der Waals surface area contributed by atoms with Gasteiger partial charge in [0.05, 0.1) is 5.92 Å². The molecule has 5 heteroatoms. The van der Waals surface area contributed by atoms with Gasteiger partial charge in [0.15, 0.2) is 0 Å². The molecule has 0 aromatic rings. The maximum absolute atomic E-state index is 12.2. The zero-order valence-corrected chi connectivity index (χ0v) is 9.30. The number of ketones is 2. The lowest BCUT2D eigenvalue weighted by molar-refractivity contribution is -0.178. The zero-order chi connectivity index (χ0) is 12.5. The Balaban J connectivity index is 2.78. The average Bonchev–Trinajstić information content (AvgIpc) is 2.15. The molecule has 0 aliphatic heterocycles. The van der Waals surface area contributed by atoms with E-state index in [1.807, 2.05) is 13.8 Å². The number of Topliss-reactive ketones (excluding diaryl/α,β-unsaturated/α-hetero) is 2. The fourth-order valence-electron chi connectivity index (χ4n) is 2.11. The molecule has 2 atom stereocenters. The van der Waals surface area contributed by atoms with Crippen LogP contribution < -0.4 is 0 Å². The molecule has 0 aromatic carbocycles. The second-order valence-electron chi connectivity index (χ2n) is 4.66. The summed E-state index contributed by atoms with van der Waals surface area (Å²) in [6, 6.07) is 0. The van der Waals surface area contributed by atoms with Gasteiger partial charge in [-0.2, -0.15) is 13.2 Å². The van der Waals surface area contributed by atoms with Crippen molar-refractivity contribution < 1.29 is 22.8 Å². The molecule has 0 radical (unpaired) electrons. The van der Waals surface area contributed by atoms with Crippen molar-refractivity contribution in [1.29, 1.82) is 0 Å². The van der Waals surface area contributed by atoms with E-state index in [1.54, 1.807) is 0 Å². The van der Waals surface area contributed by atoms with E-state index in [0.717, 1.165) is 0 Å². The maximum atomic E-state index is 12.2. The summed E-state index contributed by atoms with van der Waals surface area (Å²) in [7, 11) is 0. The average molecular weight is 236 g/mol. The van der Waals surface area contributed by atoms with Crippen LogP contribution >= 0.6 is 0 Å². The Kier molecular flexibility index (Phi) is 3.76. The Labute approximate surface area is 92.2 Å². The molecule has 0 bridgehead atoms. The highest BCUT2D eigenvalue weighted by atomic mass is 19.4. The van der Waals surface area contributed by atoms with Crippen molar-refractivity contribution >= 4 is 11.6 Å². The molecule has 92 valence electrons. The van der Waals surface area contributed by atoms with Crippen LogP contribution in [0.1, 0.15) is 33.1 Å². The largest absolute Gasteiger partial charge is 0.450 e. The van der Waals surface area contributed by atoms with Crippen molar-refractivity contribution in [3.63, 3.8) is 0 Å². The highest BCUT2D eigenvalue weighted by Crippen LogP contribution is 2.35. The van der Waals surface area contributed by atoms with Crippen molar-refractivity contribution in [3.8, 4) is 0 Å². The van der Waals surface area contributed by atoms with E-state index in [1.165, 1.54) is 0 Å². The first kappa shape index (κ1) is 13.2. The van der Waals surface area contributed by atoms with Crippen LogP contribution in [0.25, 0.3) is 0 Å². The van der Waals surface area contributed by atoms with Gasteiger partial charge in [0.1, 0.15) is 5.78 Å². The quantitative estimate of drug-likeness (QED) is 0.691. The summed E-state index contributed by atoms with van der Waals surface area (Å²) in [5, 5.41) is 0. The number of hydrogen-bond acceptors (Lipinski definition) is 2. The van der Waals surface area contributed by atoms with Gasteiger partial charge in [-0.25, -0.2) is 0 Å². The summed E-state index contributed by atoms with van der Waals surface area (Å²) in [6.07, 6.45) is -4.15. The molecular formula is C11H15F3O2. The van der Waals surface area contributed by atoms with Gasteiger partial charge in [0, 0.05) is 6.42 Å². The molecule has 1 aliphatic rings. The summed E-state index contributed by atoms with van der Waals surface area (Å²) in [4.78, 5) is 22.4. The molecular weight excluding hydrogens is 221 g/mol. The summed E-state index contributed by atoms with van der Waals surface area (Å²) < 4.78 is 36.7. The van der Waals surface area contributed by atoms with Gasteiger partial charge in [0.25, 0.3) is 0 Å². The van der Waals surface area contributed by atoms with E-state index < -0.39 is 23.7 Å². The lowest BCUT2D eigenvalue weighted by Gasteiger charge is -2.30. The summed E-state index contributed by atoms with van der Waals surface area (Å²) in [5.74, 6) is -3.64. The zero-order valence-electron chi connectivity index (χ0n) is 9.30. The minimum absolute atomic E-state index is 0.0361. The monoisotopic (exact) mass is 236 g/mol. The molecule has 1 aliphatic carbocycles. The third-order valence-corrected chi connectivity index (χ3v) is 3.23. The van der Waals surface area contributed by atoms with E-state index in [2.05, 4.69) is 0 Å². The van der Waals surface area contributed by atoms with E-state index >= 15 is 0 Å². The van der Waals surface area contributed by atoms with Crippen LogP contribution in [-0.2, 0) is 9.59 Å². The number of halogens is 3. The molecule has 0 spiro atoms. The predicted octanol–water partition coefficient (Wildman–Crippen LogP) is 2.76. The van der Waals surface area contributed by atoms with Gasteiger partial charge < -0.3 is 0 Å². The van der Waals surface area contributed by atoms with Crippen LogP contribution in [0.15, 0.2) is 0 Å². The summed E-state index contributed by atoms with van der Waals surface area (Å²) >= 11 is 0. The Bertz CT molecular complexity index is 294. The predicted molar refractivity (Wildman–Crippen MR) is 51.7 cm³/mol. The van der Waals surface area contributed by atoms with Gasteiger partial charge in [-0.3, -0.25) is 9.59 Å². The molecule has 16 heavy (non-hydrogen) atoms. The molecule has 0 amide bonds. The molecule has 1 fully saturated rings. The van der Waals surface area contributed by atoms with E-state index in [4.69, 9.17) is 0 Å². The van der Waals surface area contributed by atoms with E-state index in [-0.39, 0.29) is 24.7 Å². The van der Waals surface area contributed by atoms with Gasteiger partial charge in [-0.15, -0.1) is 0 Å². The molecule has 0 N–H and O–H groups in total. The normalized spacial score (nSPS) is 27.2. The number of hydrogen-bond donors (Lipinski definition) is 0. The number of rotatable bonds is 2. The van der Waals surface area contributed by atoms with Crippen LogP contribution in [0.3, 0.4) is 0 Å². The third kappa shape index (κ3) is 2.83. The van der Waals surface area contributed by atoms with Crippen molar-refractivity contribution in [2.75, 3.05) is 0 Å². The number of carbonyl (C=O) groups is 2. The Hall–Kier alpha value is -0.870. The fraction of sp³-hybridized carbons (Fsp3) is 0.818. The Morgan fingerprint density at radius 2 is 1.94 bits per heavy atom. The Morgan fingerprint density at radius 1 is 1.38 bits per heavy atom. The standard InChI is InChI=1S/C11H15F3O2/c1-6(2)7-3-4-9(15)8(5-7)10(16)11(12,13)14/h6-8H,3-5H2,1-2H3. The van der Waals surface area contributed by atoms with E-state index in [9.17, 15) is 22.8 Å². The maximum Gasteiger partial charge on any atom is 0.450 e. The molecule has 0 aromatic heterocycles. The minimum atomic E-state index is -4.89. The topological polar surface area (TPSA) is 34.1 Å². The third-order valence-electron chi connectivity index (χ3n) is 3.23. The fourth-order valence-corrected chi connectivity index (χ4v) is 2.11. The first-order chi connectivity index (χ1) is 7.23. The number of carbonyl (C=O) groups excluding carboxylic acids is 2. The van der Waals surface area contributed by atoms with Gasteiger partial charge >= 0.3 is 6.18 Å². The SMILES string of the molecule is CC(C)C1CCC(=O)C(C(=O)C(F)(F)F)C1. The highest BCUT2D eigenvalue weighted by molar-refractivity contribution is 6.05. The van der Waals surface area contributed by atoms with Crippen LogP contribution in [-0.4, -0.2) is 17.7 Å². The van der Waals surface area contributed by atoms with E-state index in [0.29, 0.717) is 6.42 Å². The van der Waals surface area contributed by atoms with Crippen LogP contribution in [0, 0.1) is 17.8 Å². The first-order valence-electron chi connectivity index (χ1n) is 5.37. The van der Waals surface area contributed by atoms with Gasteiger partial charge in [-0.05, 0) is 24.7 Å². The second-order valence-corrected chi connectivity index (χ2v) is 4.66. The van der Waals surface area contributed by atoms with Gasteiger partial charge in [-0.1, -0.05) is 13.8 Å². The smallest absolute Gasteiger partial charge is 0.299 e. The first-order valence-corrected chi connectivity index (χ1v) is 5.37. The summed E-state index contributed by atoms with van der Waals surface area (Å²) in [5.41, 5.74) is 0. The molecule has 0 saturated heterocycles. The van der Waals surface area contributed by atoms with Gasteiger partial charge in [0.2, 0.25) is 5.78 Å². The van der Waals surface area contributed by atoms with Crippen molar-refractivity contribution in [1.82, 2.24) is 0 Å². The highest BCUT2D eigenvalue weighted by Gasteiger charge is 2.47. The molecule has 1 rings (SSSR count). The second kappa shape index (κ2) is 4.55. The van der Waals surface area contributed by atoms with Crippen molar-refractivity contribution in [2.24, 2.45) is 17.8 Å². The lowest BCUT2D eigenvalue weighted by Crippen LogP contribution is -2.39. The molecule has 1 saturated carbocycles. The number of alkyl halides is 3. The Morgan fingerprint density at radius 3 is 2.38 bits per heavy atom. The molecule has 2 unspecified atom stereocenters. The van der Waals surface area contributed by atoms with Crippen LogP contribution in [0.2, 0.25) is 0 Å². The van der Waals surface area contributed by atoms with Crippen molar-refractivity contribution in [2.45, 2.75) is 39.3 Å². The molecule has 2 nitrogen and oxygen atoms in total. The minimum Gasteiger partial charge on any atom is -0.299 e. The van der Waals surface area contributed by atoms with Crippen LogP contribution in [0.5, 0.6) is 0 Å².